The van der Waals surface area contributed by atoms with Gasteiger partial charge >= 0.3 is 0 Å². The van der Waals surface area contributed by atoms with E-state index < -0.39 is 0 Å². The molecule has 1 heteroatoms. The molecule has 0 aromatic heterocycles. The number of hydrogen-bond acceptors (Lipinski definition) is 1. The van der Waals surface area contributed by atoms with Crippen LogP contribution in [0.5, 0.6) is 0 Å². The molecule has 3 rings (SSSR count). The molecule has 96 valence electrons. The standard InChI is InChI=1S/C18H18O/c1-13-6-8-15(9-7-13)18(19)17-11-10-14-4-2-3-5-16(14)12-17/h2-9,17H,10-12H2,1H3. The van der Waals surface area contributed by atoms with Crippen LogP contribution < -0.4 is 0 Å². The van der Waals surface area contributed by atoms with E-state index in [0.29, 0.717) is 5.78 Å². The van der Waals surface area contributed by atoms with Gasteiger partial charge in [-0.2, -0.15) is 0 Å². The van der Waals surface area contributed by atoms with Crippen LogP contribution in [-0.4, -0.2) is 5.78 Å². The SMILES string of the molecule is Cc1ccc(C(=O)C2CCc3ccccc3C2)cc1. The highest BCUT2D eigenvalue weighted by Crippen LogP contribution is 2.27. The summed E-state index contributed by atoms with van der Waals surface area (Å²) >= 11 is 0. The fraction of sp³-hybridized carbons (Fsp3) is 0.278. The van der Waals surface area contributed by atoms with Gasteiger partial charge in [0.25, 0.3) is 0 Å². The van der Waals surface area contributed by atoms with Gasteiger partial charge in [-0.05, 0) is 37.3 Å². The number of carbonyl (C=O) groups is 1. The number of fused-ring (bicyclic) bond motifs is 1. The van der Waals surface area contributed by atoms with Gasteiger partial charge in [-0.3, -0.25) is 4.79 Å². The molecule has 0 saturated heterocycles. The van der Waals surface area contributed by atoms with E-state index in [1.807, 2.05) is 31.2 Å². The summed E-state index contributed by atoms with van der Waals surface area (Å²) in [5.74, 6) is 0.451. The van der Waals surface area contributed by atoms with E-state index in [9.17, 15) is 4.79 Å². The summed E-state index contributed by atoms with van der Waals surface area (Å²) in [4.78, 5) is 12.5. The molecule has 0 saturated carbocycles. The van der Waals surface area contributed by atoms with Crippen molar-refractivity contribution in [2.75, 3.05) is 0 Å². The summed E-state index contributed by atoms with van der Waals surface area (Å²) in [7, 11) is 0. The van der Waals surface area contributed by atoms with Crippen LogP contribution >= 0.6 is 0 Å². The molecule has 2 aromatic carbocycles. The van der Waals surface area contributed by atoms with Gasteiger partial charge < -0.3 is 0 Å². The molecule has 0 amide bonds. The molecule has 1 aliphatic rings. The lowest BCUT2D eigenvalue weighted by atomic mass is 9.80. The molecule has 1 nitrogen and oxygen atoms in total. The van der Waals surface area contributed by atoms with E-state index in [1.165, 1.54) is 16.7 Å². The zero-order chi connectivity index (χ0) is 13.2. The van der Waals surface area contributed by atoms with Gasteiger partial charge in [0.05, 0.1) is 0 Å². The van der Waals surface area contributed by atoms with Crippen molar-refractivity contribution in [3.8, 4) is 0 Å². The quantitative estimate of drug-likeness (QED) is 0.737. The minimum absolute atomic E-state index is 0.151. The third-order valence-corrected chi connectivity index (χ3v) is 4.05. The Morgan fingerprint density at radius 3 is 2.42 bits per heavy atom. The van der Waals surface area contributed by atoms with Gasteiger partial charge in [0, 0.05) is 11.5 Å². The number of carbonyl (C=O) groups excluding carboxylic acids is 1. The number of rotatable bonds is 2. The number of ketones is 1. The van der Waals surface area contributed by atoms with Crippen LogP contribution in [0, 0.1) is 12.8 Å². The monoisotopic (exact) mass is 250 g/mol. The molecule has 0 spiro atoms. The summed E-state index contributed by atoms with van der Waals surface area (Å²) < 4.78 is 0. The smallest absolute Gasteiger partial charge is 0.166 e. The van der Waals surface area contributed by atoms with Gasteiger partial charge in [-0.1, -0.05) is 54.1 Å². The van der Waals surface area contributed by atoms with Crippen LogP contribution in [0.3, 0.4) is 0 Å². The molecule has 19 heavy (non-hydrogen) atoms. The Bertz CT molecular complexity index is 595. The lowest BCUT2D eigenvalue weighted by Gasteiger charge is -2.23. The van der Waals surface area contributed by atoms with Crippen molar-refractivity contribution in [3.05, 3.63) is 70.8 Å². The molecular weight excluding hydrogens is 232 g/mol. The fourth-order valence-corrected chi connectivity index (χ4v) is 2.88. The Kier molecular flexibility index (Phi) is 3.20. The number of Topliss-reactive ketones (excluding diaryl/α,β-unsaturated/α-hetero) is 1. The minimum Gasteiger partial charge on any atom is -0.294 e. The minimum atomic E-state index is 0.151. The van der Waals surface area contributed by atoms with E-state index in [-0.39, 0.29) is 5.92 Å². The third kappa shape index (κ3) is 2.46. The highest BCUT2D eigenvalue weighted by molar-refractivity contribution is 5.98. The summed E-state index contributed by atoms with van der Waals surface area (Å²) in [6, 6.07) is 16.4. The topological polar surface area (TPSA) is 17.1 Å². The van der Waals surface area contributed by atoms with E-state index in [4.69, 9.17) is 0 Å². The Morgan fingerprint density at radius 1 is 1.00 bits per heavy atom. The van der Waals surface area contributed by atoms with Gasteiger partial charge in [0.2, 0.25) is 0 Å². The van der Waals surface area contributed by atoms with Crippen molar-refractivity contribution in [2.45, 2.75) is 26.2 Å². The third-order valence-electron chi connectivity index (χ3n) is 4.05. The molecule has 1 atom stereocenters. The molecule has 0 heterocycles. The molecule has 0 radical (unpaired) electrons. The first-order chi connectivity index (χ1) is 9.24. The van der Waals surface area contributed by atoms with E-state index in [0.717, 1.165) is 24.8 Å². The Hall–Kier alpha value is -1.89. The number of benzene rings is 2. The number of hydrogen-bond donors (Lipinski definition) is 0. The van der Waals surface area contributed by atoms with Gasteiger partial charge in [0.1, 0.15) is 0 Å². The normalized spacial score (nSPS) is 17.8. The van der Waals surface area contributed by atoms with Crippen LogP contribution in [0.1, 0.15) is 33.5 Å². The summed E-state index contributed by atoms with van der Waals surface area (Å²) in [5.41, 5.74) is 4.81. The summed E-state index contributed by atoms with van der Waals surface area (Å²) in [5, 5.41) is 0. The van der Waals surface area contributed by atoms with Gasteiger partial charge in [0.15, 0.2) is 5.78 Å². The maximum atomic E-state index is 12.5. The van der Waals surface area contributed by atoms with Crippen LogP contribution in [-0.2, 0) is 12.8 Å². The first-order valence-electron chi connectivity index (χ1n) is 6.92. The second kappa shape index (κ2) is 5.00. The predicted molar refractivity (Wildman–Crippen MR) is 77.5 cm³/mol. The molecule has 0 bridgehead atoms. The number of aryl methyl sites for hydroxylation is 2. The molecule has 0 N–H and O–H groups in total. The van der Waals surface area contributed by atoms with Crippen molar-refractivity contribution in [1.82, 2.24) is 0 Å². The lowest BCUT2D eigenvalue weighted by Crippen LogP contribution is -2.22. The Labute approximate surface area is 114 Å². The highest BCUT2D eigenvalue weighted by Gasteiger charge is 2.25. The molecule has 0 aliphatic heterocycles. The first kappa shape index (κ1) is 12.2. The molecule has 2 aromatic rings. The Balaban J connectivity index is 1.81. The lowest BCUT2D eigenvalue weighted by molar-refractivity contribution is 0.0909. The molecule has 0 fully saturated rings. The summed E-state index contributed by atoms with van der Waals surface area (Å²) in [6.45, 7) is 2.05. The van der Waals surface area contributed by atoms with E-state index >= 15 is 0 Å². The van der Waals surface area contributed by atoms with E-state index in [2.05, 4.69) is 24.3 Å². The zero-order valence-corrected chi connectivity index (χ0v) is 11.2. The fourth-order valence-electron chi connectivity index (χ4n) is 2.88. The Morgan fingerprint density at radius 2 is 1.68 bits per heavy atom. The maximum Gasteiger partial charge on any atom is 0.166 e. The average molecular weight is 250 g/mol. The van der Waals surface area contributed by atoms with Gasteiger partial charge in [-0.15, -0.1) is 0 Å². The molecule has 1 unspecified atom stereocenters. The van der Waals surface area contributed by atoms with Crippen molar-refractivity contribution in [1.29, 1.82) is 0 Å². The largest absolute Gasteiger partial charge is 0.294 e. The van der Waals surface area contributed by atoms with Crippen molar-refractivity contribution < 1.29 is 4.79 Å². The van der Waals surface area contributed by atoms with Crippen LogP contribution in [0.25, 0.3) is 0 Å². The first-order valence-corrected chi connectivity index (χ1v) is 6.92. The van der Waals surface area contributed by atoms with E-state index in [1.54, 1.807) is 0 Å². The molecular formula is C18H18O. The molecule has 1 aliphatic carbocycles. The summed E-state index contributed by atoms with van der Waals surface area (Å²) in [6.07, 6.45) is 2.89. The van der Waals surface area contributed by atoms with Crippen molar-refractivity contribution in [3.63, 3.8) is 0 Å². The predicted octanol–water partition coefficient (Wildman–Crippen LogP) is 3.98. The van der Waals surface area contributed by atoms with Crippen molar-refractivity contribution >= 4 is 5.78 Å². The van der Waals surface area contributed by atoms with Crippen LogP contribution in [0.2, 0.25) is 0 Å². The van der Waals surface area contributed by atoms with Crippen LogP contribution in [0.4, 0.5) is 0 Å². The zero-order valence-electron chi connectivity index (χ0n) is 11.2. The van der Waals surface area contributed by atoms with Crippen molar-refractivity contribution in [2.24, 2.45) is 5.92 Å². The second-order valence-corrected chi connectivity index (χ2v) is 5.44. The van der Waals surface area contributed by atoms with Gasteiger partial charge in [-0.25, -0.2) is 0 Å². The van der Waals surface area contributed by atoms with Crippen LogP contribution in [0.15, 0.2) is 48.5 Å². The maximum absolute atomic E-state index is 12.5. The second-order valence-electron chi connectivity index (χ2n) is 5.44. The average Bonchev–Trinajstić information content (AvgIpc) is 2.47. The highest BCUT2D eigenvalue weighted by atomic mass is 16.1.